The number of benzene rings is 1. The highest BCUT2D eigenvalue weighted by atomic mass is 16.5. The zero-order valence-electron chi connectivity index (χ0n) is 12.7. The van der Waals surface area contributed by atoms with E-state index in [2.05, 4.69) is 12.2 Å². The number of nitrogens with one attached hydrogen (secondary N) is 1. The summed E-state index contributed by atoms with van der Waals surface area (Å²) >= 11 is 0. The average molecular weight is 288 g/mol. The minimum atomic E-state index is -0.245. The monoisotopic (exact) mass is 288 g/mol. The molecule has 1 heterocycles. The summed E-state index contributed by atoms with van der Waals surface area (Å²) in [6.07, 6.45) is 4.48. The Balaban J connectivity index is 1.78. The molecule has 2 unspecified atom stereocenters. The Kier molecular flexibility index (Phi) is 4.00. The fourth-order valence-electron chi connectivity index (χ4n) is 3.57. The van der Waals surface area contributed by atoms with Gasteiger partial charge < -0.3 is 15.8 Å². The molecule has 1 aliphatic carbocycles. The predicted octanol–water partition coefficient (Wildman–Crippen LogP) is 2.35. The molecule has 3 N–H and O–H groups in total. The van der Waals surface area contributed by atoms with Crippen LogP contribution in [0.3, 0.4) is 0 Å². The van der Waals surface area contributed by atoms with Crippen molar-refractivity contribution in [3.63, 3.8) is 0 Å². The lowest BCUT2D eigenvalue weighted by Crippen LogP contribution is -2.59. The Labute approximate surface area is 126 Å². The summed E-state index contributed by atoms with van der Waals surface area (Å²) in [7, 11) is 0. The fourth-order valence-corrected chi connectivity index (χ4v) is 3.57. The molecule has 1 fully saturated rings. The first-order valence-electron chi connectivity index (χ1n) is 7.87. The number of hydrogen-bond acceptors (Lipinski definition) is 3. The largest absolute Gasteiger partial charge is 0.372 e. The number of amides is 1. The molecule has 0 spiro atoms. The van der Waals surface area contributed by atoms with E-state index in [1.165, 1.54) is 12.0 Å². The maximum absolute atomic E-state index is 12.6. The summed E-state index contributed by atoms with van der Waals surface area (Å²) in [6.45, 7) is 3.96. The van der Waals surface area contributed by atoms with E-state index >= 15 is 0 Å². The van der Waals surface area contributed by atoms with Gasteiger partial charge in [0, 0.05) is 12.1 Å². The zero-order chi connectivity index (χ0) is 14.9. The highest BCUT2D eigenvalue weighted by Crippen LogP contribution is 2.33. The molecular weight excluding hydrogens is 264 g/mol. The van der Waals surface area contributed by atoms with Gasteiger partial charge in [0.15, 0.2) is 0 Å². The normalized spacial score (nSPS) is 28.2. The number of fused-ring (bicyclic) bond motifs is 1. The molecule has 1 saturated carbocycles. The molecule has 0 radical (unpaired) electrons. The molecule has 1 aromatic rings. The quantitative estimate of drug-likeness (QED) is 0.897. The third-order valence-electron chi connectivity index (χ3n) is 5.16. The number of carbonyl (C=O) groups is 1. The molecule has 2 aliphatic rings. The second-order valence-electron chi connectivity index (χ2n) is 6.44. The van der Waals surface area contributed by atoms with E-state index in [4.69, 9.17) is 10.5 Å². The standard InChI is InChI=1S/C17H24N2O2/c1-12-4-2-3-7-17(12,11-18)19-16(20)13-5-6-14-9-21-10-15(14)8-13/h5-6,8,12H,2-4,7,9-11,18H2,1H3,(H,19,20). The van der Waals surface area contributed by atoms with E-state index in [1.54, 1.807) is 0 Å². The third kappa shape index (κ3) is 2.70. The lowest BCUT2D eigenvalue weighted by atomic mass is 9.73. The molecule has 0 bridgehead atoms. The van der Waals surface area contributed by atoms with Gasteiger partial charge in [-0.2, -0.15) is 0 Å². The molecular formula is C17H24N2O2. The third-order valence-corrected chi connectivity index (χ3v) is 5.16. The van der Waals surface area contributed by atoms with Gasteiger partial charge in [-0.05, 0) is 42.0 Å². The second kappa shape index (κ2) is 5.78. The molecule has 4 nitrogen and oxygen atoms in total. The first-order chi connectivity index (χ1) is 10.1. The van der Waals surface area contributed by atoms with Crippen LogP contribution in [-0.2, 0) is 18.0 Å². The van der Waals surface area contributed by atoms with Crippen LogP contribution in [0.4, 0.5) is 0 Å². The van der Waals surface area contributed by atoms with Crippen LogP contribution in [0, 0.1) is 5.92 Å². The number of nitrogens with two attached hydrogens (primary N) is 1. The molecule has 1 aromatic carbocycles. The lowest BCUT2D eigenvalue weighted by Gasteiger charge is -2.42. The van der Waals surface area contributed by atoms with Crippen molar-refractivity contribution in [2.75, 3.05) is 6.54 Å². The van der Waals surface area contributed by atoms with Crippen LogP contribution >= 0.6 is 0 Å². The molecule has 2 atom stereocenters. The topological polar surface area (TPSA) is 64.3 Å². The van der Waals surface area contributed by atoms with Crippen LogP contribution in [-0.4, -0.2) is 18.0 Å². The van der Waals surface area contributed by atoms with Gasteiger partial charge in [-0.15, -0.1) is 0 Å². The van der Waals surface area contributed by atoms with Crippen LogP contribution in [0.2, 0.25) is 0 Å². The highest BCUT2D eigenvalue weighted by Gasteiger charge is 2.38. The second-order valence-corrected chi connectivity index (χ2v) is 6.44. The molecule has 0 aromatic heterocycles. The minimum absolute atomic E-state index is 0.0103. The zero-order valence-corrected chi connectivity index (χ0v) is 12.7. The minimum Gasteiger partial charge on any atom is -0.372 e. The van der Waals surface area contributed by atoms with Crippen molar-refractivity contribution in [1.82, 2.24) is 5.32 Å². The summed E-state index contributed by atoms with van der Waals surface area (Å²) in [5.74, 6) is 0.418. The van der Waals surface area contributed by atoms with E-state index in [0.717, 1.165) is 24.8 Å². The predicted molar refractivity (Wildman–Crippen MR) is 81.8 cm³/mol. The Morgan fingerprint density at radius 1 is 1.38 bits per heavy atom. The molecule has 1 amide bonds. The fraction of sp³-hybridized carbons (Fsp3) is 0.588. The summed E-state index contributed by atoms with van der Waals surface area (Å²) in [5, 5.41) is 3.23. The van der Waals surface area contributed by atoms with Crippen molar-refractivity contribution < 1.29 is 9.53 Å². The van der Waals surface area contributed by atoms with Gasteiger partial charge in [-0.3, -0.25) is 4.79 Å². The van der Waals surface area contributed by atoms with E-state index < -0.39 is 0 Å². The molecule has 4 heteroatoms. The van der Waals surface area contributed by atoms with Crippen LogP contribution in [0.5, 0.6) is 0 Å². The van der Waals surface area contributed by atoms with Gasteiger partial charge in [0.2, 0.25) is 0 Å². The van der Waals surface area contributed by atoms with Gasteiger partial charge >= 0.3 is 0 Å². The van der Waals surface area contributed by atoms with Gasteiger partial charge in [0.05, 0.1) is 18.8 Å². The van der Waals surface area contributed by atoms with Crippen molar-refractivity contribution in [3.8, 4) is 0 Å². The van der Waals surface area contributed by atoms with Crippen LogP contribution < -0.4 is 11.1 Å². The number of hydrogen-bond donors (Lipinski definition) is 2. The Bertz CT molecular complexity index is 544. The molecule has 114 valence electrons. The SMILES string of the molecule is CC1CCCCC1(CN)NC(=O)c1ccc2c(c1)COC2. The Morgan fingerprint density at radius 2 is 2.19 bits per heavy atom. The molecule has 1 aliphatic heterocycles. The molecule has 3 rings (SSSR count). The maximum atomic E-state index is 12.6. The smallest absolute Gasteiger partial charge is 0.251 e. The maximum Gasteiger partial charge on any atom is 0.251 e. The van der Waals surface area contributed by atoms with Crippen molar-refractivity contribution in [3.05, 3.63) is 34.9 Å². The van der Waals surface area contributed by atoms with Crippen LogP contribution in [0.25, 0.3) is 0 Å². The summed E-state index contributed by atoms with van der Waals surface area (Å²) in [5.41, 5.74) is 8.79. The Morgan fingerprint density at radius 3 is 2.95 bits per heavy atom. The summed E-state index contributed by atoms with van der Waals surface area (Å²) in [6, 6.07) is 5.84. The van der Waals surface area contributed by atoms with Crippen molar-refractivity contribution >= 4 is 5.91 Å². The average Bonchev–Trinajstić information content (AvgIpc) is 2.97. The summed E-state index contributed by atoms with van der Waals surface area (Å²) < 4.78 is 5.41. The van der Waals surface area contributed by atoms with Gasteiger partial charge in [-0.1, -0.05) is 25.8 Å². The number of rotatable bonds is 3. The first kappa shape index (κ1) is 14.5. The lowest BCUT2D eigenvalue weighted by molar-refractivity contribution is 0.0812. The van der Waals surface area contributed by atoms with Gasteiger partial charge in [0.1, 0.15) is 0 Å². The van der Waals surface area contributed by atoms with Gasteiger partial charge in [0.25, 0.3) is 5.91 Å². The van der Waals surface area contributed by atoms with Crippen LogP contribution in [0.1, 0.15) is 54.1 Å². The van der Waals surface area contributed by atoms with Gasteiger partial charge in [-0.25, -0.2) is 0 Å². The number of carbonyl (C=O) groups excluding carboxylic acids is 1. The van der Waals surface area contributed by atoms with E-state index in [1.807, 2.05) is 18.2 Å². The van der Waals surface area contributed by atoms with Crippen molar-refractivity contribution in [2.45, 2.75) is 51.4 Å². The van der Waals surface area contributed by atoms with E-state index in [9.17, 15) is 4.79 Å². The molecule has 0 saturated heterocycles. The Hall–Kier alpha value is -1.39. The summed E-state index contributed by atoms with van der Waals surface area (Å²) in [4.78, 5) is 12.6. The first-order valence-corrected chi connectivity index (χ1v) is 7.87. The van der Waals surface area contributed by atoms with Crippen molar-refractivity contribution in [1.29, 1.82) is 0 Å². The molecule has 21 heavy (non-hydrogen) atoms. The van der Waals surface area contributed by atoms with Crippen molar-refractivity contribution in [2.24, 2.45) is 11.7 Å². The van der Waals surface area contributed by atoms with E-state index in [-0.39, 0.29) is 11.4 Å². The van der Waals surface area contributed by atoms with Crippen LogP contribution in [0.15, 0.2) is 18.2 Å². The highest BCUT2D eigenvalue weighted by molar-refractivity contribution is 5.95. The van der Waals surface area contributed by atoms with E-state index in [0.29, 0.717) is 31.2 Å². The number of ether oxygens (including phenoxy) is 1.